The van der Waals surface area contributed by atoms with Crippen molar-refractivity contribution < 1.29 is 24.5 Å². The van der Waals surface area contributed by atoms with Crippen LogP contribution in [0.4, 0.5) is 0 Å². The highest BCUT2D eigenvalue weighted by atomic mass is 32.1. The summed E-state index contributed by atoms with van der Waals surface area (Å²) in [5, 5.41) is 25.5. The molecule has 0 saturated heterocycles. The monoisotopic (exact) mass is 413 g/mol. The van der Waals surface area contributed by atoms with Crippen molar-refractivity contribution in [2.24, 2.45) is 0 Å². The number of benzene rings is 2. The molecule has 3 N–H and O–H groups in total. The molecule has 7 heteroatoms. The molecular weight excluding hydrogens is 390 g/mol. The van der Waals surface area contributed by atoms with Gasteiger partial charge in [-0.3, -0.25) is 0 Å². The largest absolute Gasteiger partial charge is 0.485 e. The number of fused-ring (bicyclic) bond motifs is 1. The van der Waals surface area contributed by atoms with Crippen molar-refractivity contribution in [2.75, 3.05) is 13.6 Å². The van der Waals surface area contributed by atoms with Gasteiger partial charge >= 0.3 is 11.9 Å². The summed E-state index contributed by atoms with van der Waals surface area (Å²) in [4.78, 5) is 19.1. The molecule has 6 nitrogen and oxygen atoms in total. The van der Waals surface area contributed by atoms with Crippen LogP contribution in [-0.2, 0) is 9.59 Å². The van der Waals surface area contributed by atoms with Gasteiger partial charge in [-0.1, -0.05) is 36.4 Å². The van der Waals surface area contributed by atoms with Gasteiger partial charge in [0.25, 0.3) is 0 Å². The molecule has 1 heterocycles. The van der Waals surface area contributed by atoms with Crippen LogP contribution in [0.3, 0.4) is 0 Å². The zero-order chi connectivity index (χ0) is 21.1. The Labute approximate surface area is 173 Å². The van der Waals surface area contributed by atoms with Crippen molar-refractivity contribution >= 4 is 34.0 Å². The average Bonchev–Trinajstić information content (AvgIpc) is 3.25. The minimum absolute atomic E-state index is 0.0921. The van der Waals surface area contributed by atoms with Crippen molar-refractivity contribution in [1.29, 1.82) is 0 Å². The number of carboxylic acid groups (broad SMARTS) is 2. The fourth-order valence-corrected chi connectivity index (χ4v) is 3.32. The summed E-state index contributed by atoms with van der Waals surface area (Å²) in [5.74, 6) is -1.56. The van der Waals surface area contributed by atoms with E-state index < -0.39 is 11.9 Å². The number of rotatable bonds is 8. The van der Waals surface area contributed by atoms with Crippen LogP contribution in [0.15, 0.2) is 71.4 Å². The third-order valence-electron chi connectivity index (χ3n) is 3.96. The van der Waals surface area contributed by atoms with Crippen LogP contribution in [0.25, 0.3) is 10.8 Å². The van der Waals surface area contributed by atoms with Gasteiger partial charge in [-0.05, 0) is 41.9 Å². The fourth-order valence-electron chi connectivity index (χ4n) is 2.62. The lowest BCUT2D eigenvalue weighted by Gasteiger charge is -2.19. The molecular formula is C22H23NO5S. The predicted octanol–water partition coefficient (Wildman–Crippen LogP) is 4.34. The van der Waals surface area contributed by atoms with E-state index in [0.717, 1.165) is 18.7 Å². The van der Waals surface area contributed by atoms with Gasteiger partial charge in [-0.15, -0.1) is 0 Å². The lowest BCUT2D eigenvalue weighted by molar-refractivity contribution is -0.134. The summed E-state index contributed by atoms with van der Waals surface area (Å²) in [6, 6.07) is 16.7. The Morgan fingerprint density at radius 1 is 1.07 bits per heavy atom. The SMILES string of the molecule is CNCCC(Oc1cccc2ccccc12)c1ccsc1.O=C(O)/C=C\C(=O)O. The highest BCUT2D eigenvalue weighted by molar-refractivity contribution is 7.07. The molecule has 1 unspecified atom stereocenters. The Morgan fingerprint density at radius 2 is 1.76 bits per heavy atom. The van der Waals surface area contributed by atoms with E-state index in [2.05, 4.69) is 64.6 Å². The topological polar surface area (TPSA) is 95.9 Å². The first kappa shape index (κ1) is 22.1. The van der Waals surface area contributed by atoms with Gasteiger partial charge < -0.3 is 20.3 Å². The second-order valence-electron chi connectivity index (χ2n) is 6.04. The molecule has 0 spiro atoms. The lowest BCUT2D eigenvalue weighted by atomic mass is 10.1. The number of hydrogen-bond acceptors (Lipinski definition) is 5. The maximum atomic E-state index is 9.55. The Bertz CT molecular complexity index is 932. The van der Waals surface area contributed by atoms with Crippen LogP contribution in [0.2, 0.25) is 0 Å². The molecule has 0 radical (unpaired) electrons. The quantitative estimate of drug-likeness (QED) is 0.476. The summed E-state index contributed by atoms with van der Waals surface area (Å²) in [7, 11) is 1.97. The third kappa shape index (κ3) is 7.40. The normalized spacial score (nSPS) is 11.6. The molecule has 3 aromatic rings. The number of carboxylic acids is 2. The standard InChI is InChI=1S/C18H19NOS.C4H4O4/c1-19-11-9-17(15-10-12-21-13-15)20-18-8-4-6-14-5-2-3-7-16(14)18;5-3(6)1-2-4(7)8/h2-8,10,12-13,17,19H,9,11H2,1H3;1-2H,(H,5,6)(H,7,8)/b;2-1-. The van der Waals surface area contributed by atoms with E-state index in [0.29, 0.717) is 12.2 Å². The zero-order valence-electron chi connectivity index (χ0n) is 15.9. The minimum atomic E-state index is -1.26. The van der Waals surface area contributed by atoms with Gasteiger partial charge in [0.15, 0.2) is 0 Å². The van der Waals surface area contributed by atoms with Gasteiger partial charge in [0, 0.05) is 29.5 Å². The highest BCUT2D eigenvalue weighted by Gasteiger charge is 2.14. The second-order valence-corrected chi connectivity index (χ2v) is 6.82. The lowest BCUT2D eigenvalue weighted by Crippen LogP contribution is -2.16. The average molecular weight is 413 g/mol. The molecule has 3 rings (SSSR count). The van der Waals surface area contributed by atoms with Crippen molar-refractivity contribution in [2.45, 2.75) is 12.5 Å². The Morgan fingerprint density at radius 3 is 2.38 bits per heavy atom. The number of ether oxygens (including phenoxy) is 1. The molecule has 2 aromatic carbocycles. The summed E-state index contributed by atoms with van der Waals surface area (Å²) in [6.07, 6.45) is 2.16. The molecule has 0 amide bonds. The second kappa shape index (κ2) is 11.6. The first-order valence-electron chi connectivity index (χ1n) is 8.96. The van der Waals surface area contributed by atoms with Crippen molar-refractivity contribution in [3.05, 3.63) is 77.0 Å². The first-order valence-corrected chi connectivity index (χ1v) is 9.90. The van der Waals surface area contributed by atoms with Gasteiger partial charge in [0.1, 0.15) is 11.9 Å². The Kier molecular flexibility index (Phi) is 8.88. The van der Waals surface area contributed by atoms with Crippen molar-refractivity contribution in [3.8, 4) is 5.75 Å². The van der Waals surface area contributed by atoms with Crippen LogP contribution in [0.5, 0.6) is 5.75 Å². The third-order valence-corrected chi connectivity index (χ3v) is 4.66. The van der Waals surface area contributed by atoms with Crippen LogP contribution in [0.1, 0.15) is 18.1 Å². The number of carbonyl (C=O) groups is 2. The molecule has 152 valence electrons. The van der Waals surface area contributed by atoms with Crippen LogP contribution >= 0.6 is 11.3 Å². The molecule has 0 aliphatic heterocycles. The predicted molar refractivity (Wildman–Crippen MR) is 115 cm³/mol. The summed E-state index contributed by atoms with van der Waals surface area (Å²) >= 11 is 1.72. The van der Waals surface area contributed by atoms with Gasteiger partial charge in [0.05, 0.1) is 0 Å². The molecule has 0 fully saturated rings. The van der Waals surface area contributed by atoms with Crippen LogP contribution in [0, 0.1) is 0 Å². The maximum absolute atomic E-state index is 9.55. The summed E-state index contributed by atoms with van der Waals surface area (Å²) in [5.41, 5.74) is 1.25. The van der Waals surface area contributed by atoms with Gasteiger partial charge in [-0.2, -0.15) is 11.3 Å². The number of hydrogen-bond donors (Lipinski definition) is 3. The van der Waals surface area contributed by atoms with E-state index in [1.165, 1.54) is 16.3 Å². The minimum Gasteiger partial charge on any atom is -0.485 e. The summed E-state index contributed by atoms with van der Waals surface area (Å²) in [6.45, 7) is 0.936. The van der Waals surface area contributed by atoms with Gasteiger partial charge in [0.2, 0.25) is 0 Å². The molecule has 0 bridgehead atoms. The summed E-state index contributed by atoms with van der Waals surface area (Å²) < 4.78 is 6.34. The van der Waals surface area contributed by atoms with Crippen LogP contribution < -0.4 is 10.1 Å². The van der Waals surface area contributed by atoms with E-state index in [1.54, 1.807) is 11.3 Å². The van der Waals surface area contributed by atoms with E-state index in [4.69, 9.17) is 14.9 Å². The molecule has 0 aliphatic rings. The zero-order valence-corrected chi connectivity index (χ0v) is 16.8. The highest BCUT2D eigenvalue weighted by Crippen LogP contribution is 2.31. The number of thiophene rings is 1. The van der Waals surface area contributed by atoms with E-state index in [1.807, 2.05) is 7.05 Å². The smallest absolute Gasteiger partial charge is 0.328 e. The molecule has 1 aromatic heterocycles. The van der Waals surface area contributed by atoms with Crippen LogP contribution in [-0.4, -0.2) is 35.7 Å². The van der Waals surface area contributed by atoms with Crippen molar-refractivity contribution in [3.63, 3.8) is 0 Å². The van der Waals surface area contributed by atoms with Gasteiger partial charge in [-0.25, -0.2) is 9.59 Å². The van der Waals surface area contributed by atoms with Crippen molar-refractivity contribution in [1.82, 2.24) is 5.32 Å². The first-order chi connectivity index (χ1) is 14.0. The van der Waals surface area contributed by atoms with E-state index in [-0.39, 0.29) is 6.10 Å². The van der Waals surface area contributed by atoms with E-state index in [9.17, 15) is 9.59 Å². The molecule has 1 atom stereocenters. The van der Waals surface area contributed by atoms with E-state index >= 15 is 0 Å². The molecule has 0 saturated carbocycles. The Hall–Kier alpha value is -3.16. The maximum Gasteiger partial charge on any atom is 0.328 e. The Balaban J connectivity index is 0.000000321. The molecule has 0 aliphatic carbocycles. The molecule has 29 heavy (non-hydrogen) atoms. The fraction of sp³-hybridized carbons (Fsp3) is 0.182. The number of aliphatic carboxylic acids is 2. The number of nitrogens with one attached hydrogen (secondary N) is 1.